The first-order valence-corrected chi connectivity index (χ1v) is 4.06. The lowest BCUT2D eigenvalue weighted by atomic mass is 9.99. The topological polar surface area (TPSA) is 26.3 Å². The van der Waals surface area contributed by atoms with E-state index < -0.39 is 0 Å². The molecule has 3 heteroatoms. The molecule has 2 nitrogen and oxygen atoms in total. The van der Waals surface area contributed by atoms with Crippen LogP contribution in [0, 0.1) is 5.92 Å². The number of halogens is 1. The third-order valence-electron chi connectivity index (χ3n) is 1.92. The van der Waals surface area contributed by atoms with Gasteiger partial charge < -0.3 is 4.74 Å². The largest absolute Gasteiger partial charge is 0.482 e. The Labute approximate surface area is 75.2 Å². The number of rotatable bonds is 1. The Morgan fingerprint density at radius 2 is 2.33 bits per heavy atom. The SMILES string of the molecule is O=CC1=CC2C=C(Cl)C=CC2O1. The average molecular weight is 183 g/mol. The van der Waals surface area contributed by atoms with Crippen LogP contribution in [0.1, 0.15) is 0 Å². The summed E-state index contributed by atoms with van der Waals surface area (Å²) in [5, 5.41) is 0.697. The zero-order valence-corrected chi connectivity index (χ0v) is 6.99. The highest BCUT2D eigenvalue weighted by Gasteiger charge is 2.27. The maximum atomic E-state index is 10.4. The van der Waals surface area contributed by atoms with Crippen LogP contribution in [0.15, 0.2) is 35.1 Å². The van der Waals surface area contributed by atoms with Crippen LogP contribution < -0.4 is 0 Å². The molecule has 0 radical (unpaired) electrons. The second-order valence-electron chi connectivity index (χ2n) is 2.76. The van der Waals surface area contributed by atoms with Crippen LogP contribution in [0.5, 0.6) is 0 Å². The zero-order valence-electron chi connectivity index (χ0n) is 6.24. The third kappa shape index (κ3) is 1.18. The quantitative estimate of drug-likeness (QED) is 0.578. The molecule has 2 aliphatic rings. The molecule has 1 heterocycles. The average Bonchev–Trinajstić information content (AvgIpc) is 2.46. The number of carbonyl (C=O) groups excluding carboxylic acids is 1. The molecule has 2 unspecified atom stereocenters. The third-order valence-corrected chi connectivity index (χ3v) is 2.17. The van der Waals surface area contributed by atoms with Crippen molar-refractivity contribution in [1.29, 1.82) is 0 Å². The van der Waals surface area contributed by atoms with Gasteiger partial charge in [0.15, 0.2) is 12.0 Å². The predicted octanol–water partition coefficient (Wildman–Crippen LogP) is 1.78. The van der Waals surface area contributed by atoms with Crippen molar-refractivity contribution in [2.24, 2.45) is 5.92 Å². The van der Waals surface area contributed by atoms with Crippen molar-refractivity contribution < 1.29 is 9.53 Å². The summed E-state index contributed by atoms with van der Waals surface area (Å²) in [5.41, 5.74) is 0. The molecule has 12 heavy (non-hydrogen) atoms. The Kier molecular flexibility index (Phi) is 1.77. The van der Waals surface area contributed by atoms with E-state index in [1.165, 1.54) is 0 Å². The minimum Gasteiger partial charge on any atom is -0.482 e. The first kappa shape index (κ1) is 7.62. The molecule has 0 aromatic carbocycles. The van der Waals surface area contributed by atoms with Gasteiger partial charge in [-0.15, -0.1) is 0 Å². The Morgan fingerprint density at radius 1 is 1.50 bits per heavy atom. The van der Waals surface area contributed by atoms with E-state index in [1.54, 1.807) is 12.2 Å². The summed E-state index contributed by atoms with van der Waals surface area (Å²) in [4.78, 5) is 10.4. The Bertz CT molecular complexity index is 302. The van der Waals surface area contributed by atoms with Gasteiger partial charge in [-0.3, -0.25) is 4.79 Å². The van der Waals surface area contributed by atoms with Gasteiger partial charge in [0.05, 0.1) is 0 Å². The molecule has 2 rings (SSSR count). The number of aldehydes is 1. The normalized spacial score (nSPS) is 31.8. The molecule has 0 amide bonds. The van der Waals surface area contributed by atoms with E-state index >= 15 is 0 Å². The van der Waals surface area contributed by atoms with Gasteiger partial charge in [-0.25, -0.2) is 0 Å². The summed E-state index contributed by atoms with van der Waals surface area (Å²) >= 11 is 5.78. The summed E-state index contributed by atoms with van der Waals surface area (Å²) < 4.78 is 5.27. The highest BCUT2D eigenvalue weighted by Crippen LogP contribution is 2.30. The highest BCUT2D eigenvalue weighted by molar-refractivity contribution is 6.31. The van der Waals surface area contributed by atoms with Gasteiger partial charge in [-0.1, -0.05) is 17.7 Å². The Balaban J connectivity index is 2.25. The number of hydrogen-bond acceptors (Lipinski definition) is 2. The van der Waals surface area contributed by atoms with Crippen LogP contribution in [0.2, 0.25) is 0 Å². The maximum Gasteiger partial charge on any atom is 0.184 e. The molecule has 0 saturated carbocycles. The standard InChI is InChI=1S/C9H7ClO2/c10-7-1-2-9-6(3-7)4-8(5-11)12-9/h1-6,9H. The van der Waals surface area contributed by atoms with E-state index in [0.717, 1.165) is 0 Å². The maximum absolute atomic E-state index is 10.4. The lowest BCUT2D eigenvalue weighted by molar-refractivity contribution is -0.107. The van der Waals surface area contributed by atoms with Crippen LogP contribution in [0.3, 0.4) is 0 Å². The fourth-order valence-corrected chi connectivity index (χ4v) is 1.58. The summed E-state index contributed by atoms with van der Waals surface area (Å²) in [5.74, 6) is 0.528. The van der Waals surface area contributed by atoms with Crippen molar-refractivity contribution in [1.82, 2.24) is 0 Å². The van der Waals surface area contributed by atoms with E-state index in [2.05, 4.69) is 0 Å². The van der Waals surface area contributed by atoms with E-state index in [1.807, 2.05) is 12.2 Å². The van der Waals surface area contributed by atoms with Gasteiger partial charge in [-0.05, 0) is 18.2 Å². The van der Waals surface area contributed by atoms with Crippen LogP contribution >= 0.6 is 11.6 Å². The highest BCUT2D eigenvalue weighted by atomic mass is 35.5. The number of ether oxygens (including phenoxy) is 1. The Hall–Kier alpha value is -1.02. The van der Waals surface area contributed by atoms with E-state index in [9.17, 15) is 4.79 Å². The van der Waals surface area contributed by atoms with E-state index in [4.69, 9.17) is 16.3 Å². The summed E-state index contributed by atoms with van der Waals surface area (Å²) in [6.45, 7) is 0. The van der Waals surface area contributed by atoms with Crippen LogP contribution in [0.4, 0.5) is 0 Å². The molecular formula is C9H7ClO2. The van der Waals surface area contributed by atoms with Crippen molar-refractivity contribution in [2.45, 2.75) is 6.10 Å². The van der Waals surface area contributed by atoms with Crippen LogP contribution in [0.25, 0.3) is 0 Å². The molecular weight excluding hydrogens is 176 g/mol. The number of fused-ring (bicyclic) bond motifs is 1. The van der Waals surface area contributed by atoms with Crippen LogP contribution in [-0.2, 0) is 9.53 Å². The minimum absolute atomic E-state index is 0.0345. The van der Waals surface area contributed by atoms with Gasteiger partial charge in [0.2, 0.25) is 0 Å². The fourth-order valence-electron chi connectivity index (χ4n) is 1.36. The van der Waals surface area contributed by atoms with Gasteiger partial charge in [0.1, 0.15) is 6.10 Å². The number of allylic oxidation sites excluding steroid dienone is 3. The van der Waals surface area contributed by atoms with E-state index in [-0.39, 0.29) is 12.0 Å². The van der Waals surface area contributed by atoms with Gasteiger partial charge in [0.25, 0.3) is 0 Å². The minimum atomic E-state index is -0.0345. The molecule has 62 valence electrons. The second kappa shape index (κ2) is 2.79. The molecule has 1 aliphatic carbocycles. The molecule has 0 fully saturated rings. The van der Waals surface area contributed by atoms with Crippen molar-refractivity contribution in [3.63, 3.8) is 0 Å². The first-order valence-electron chi connectivity index (χ1n) is 3.69. The second-order valence-corrected chi connectivity index (χ2v) is 3.19. The Morgan fingerprint density at radius 3 is 3.08 bits per heavy atom. The molecule has 0 saturated heterocycles. The molecule has 1 aliphatic heterocycles. The van der Waals surface area contributed by atoms with E-state index in [0.29, 0.717) is 17.1 Å². The lowest BCUT2D eigenvalue weighted by Crippen LogP contribution is -2.14. The monoisotopic (exact) mass is 182 g/mol. The van der Waals surface area contributed by atoms with Gasteiger partial charge in [-0.2, -0.15) is 0 Å². The first-order chi connectivity index (χ1) is 5.79. The van der Waals surface area contributed by atoms with Crippen LogP contribution in [-0.4, -0.2) is 12.4 Å². The lowest BCUT2D eigenvalue weighted by Gasteiger charge is -2.15. The molecule has 0 bridgehead atoms. The number of hydrogen-bond donors (Lipinski definition) is 0. The molecule has 0 aromatic rings. The molecule has 0 spiro atoms. The fraction of sp³-hybridized carbons (Fsp3) is 0.222. The summed E-state index contributed by atoms with van der Waals surface area (Å²) in [6.07, 6.45) is 7.98. The van der Waals surface area contributed by atoms with Crippen molar-refractivity contribution in [3.8, 4) is 0 Å². The van der Waals surface area contributed by atoms with Gasteiger partial charge >= 0.3 is 0 Å². The van der Waals surface area contributed by atoms with Crippen molar-refractivity contribution in [2.75, 3.05) is 0 Å². The smallest absolute Gasteiger partial charge is 0.184 e. The summed E-state index contributed by atoms with van der Waals surface area (Å²) in [6, 6.07) is 0. The molecule has 0 N–H and O–H groups in total. The predicted molar refractivity (Wildman–Crippen MR) is 45.6 cm³/mol. The number of carbonyl (C=O) groups is 1. The summed E-state index contributed by atoms with van der Waals surface area (Å²) in [7, 11) is 0. The molecule has 2 atom stereocenters. The van der Waals surface area contributed by atoms with Gasteiger partial charge in [0, 0.05) is 11.0 Å². The van der Waals surface area contributed by atoms with Crippen molar-refractivity contribution in [3.05, 3.63) is 35.1 Å². The zero-order chi connectivity index (χ0) is 8.55. The molecule has 0 aromatic heterocycles. The van der Waals surface area contributed by atoms with Crippen molar-refractivity contribution >= 4 is 17.9 Å².